The maximum Gasteiger partial charge on any atom is 0.307 e. The number of rotatable bonds is 4. The van der Waals surface area contributed by atoms with Gasteiger partial charge in [0.1, 0.15) is 0 Å². The maximum absolute atomic E-state index is 11.0. The van der Waals surface area contributed by atoms with Crippen molar-refractivity contribution in [2.24, 2.45) is 11.7 Å². The van der Waals surface area contributed by atoms with Crippen LogP contribution in [0.25, 0.3) is 6.08 Å². The molecule has 0 aliphatic carbocycles. The number of hydrogen-bond donors (Lipinski definition) is 2. The highest BCUT2D eigenvalue weighted by molar-refractivity contribution is 5.70. The summed E-state index contributed by atoms with van der Waals surface area (Å²) in [5.41, 5.74) is 7.06. The number of nitrogens with two attached hydrogens (primary N) is 1. The van der Waals surface area contributed by atoms with E-state index in [9.17, 15) is 4.79 Å². The van der Waals surface area contributed by atoms with E-state index in [1.807, 2.05) is 30.3 Å². The first kappa shape index (κ1) is 13.8. The Bertz CT molecular complexity index is 445. The van der Waals surface area contributed by atoms with Crippen molar-refractivity contribution < 1.29 is 9.90 Å². The van der Waals surface area contributed by atoms with Gasteiger partial charge in [0, 0.05) is 25.7 Å². The van der Waals surface area contributed by atoms with Crippen LogP contribution in [0.15, 0.2) is 36.4 Å². The quantitative estimate of drug-likeness (QED) is 0.859. The third-order valence-corrected chi connectivity index (χ3v) is 3.38. The zero-order valence-electron chi connectivity index (χ0n) is 10.9. The van der Waals surface area contributed by atoms with E-state index >= 15 is 0 Å². The summed E-state index contributed by atoms with van der Waals surface area (Å²) < 4.78 is 0. The van der Waals surface area contributed by atoms with Crippen LogP contribution in [0.5, 0.6) is 0 Å². The molecule has 1 aromatic rings. The van der Waals surface area contributed by atoms with Crippen molar-refractivity contribution in [3.8, 4) is 0 Å². The van der Waals surface area contributed by atoms with Crippen molar-refractivity contribution in [1.29, 1.82) is 0 Å². The lowest BCUT2D eigenvalue weighted by Gasteiger charge is -2.33. The predicted octanol–water partition coefficient (Wildman–Crippen LogP) is 1.43. The Labute approximate surface area is 113 Å². The van der Waals surface area contributed by atoms with E-state index in [0.29, 0.717) is 13.0 Å². The number of piperidine rings is 1. The van der Waals surface area contributed by atoms with Gasteiger partial charge in [0.2, 0.25) is 0 Å². The van der Waals surface area contributed by atoms with Crippen LogP contribution in [0.1, 0.15) is 12.0 Å². The predicted molar refractivity (Wildman–Crippen MR) is 75.6 cm³/mol. The topological polar surface area (TPSA) is 66.6 Å². The molecule has 3 N–H and O–H groups in total. The van der Waals surface area contributed by atoms with Gasteiger partial charge in [-0.05, 0) is 12.0 Å². The number of carboxylic acids is 1. The number of hydrogen-bond acceptors (Lipinski definition) is 3. The van der Waals surface area contributed by atoms with Crippen LogP contribution >= 0.6 is 0 Å². The Balaban J connectivity index is 1.88. The summed E-state index contributed by atoms with van der Waals surface area (Å²) in [6.07, 6.45) is 4.69. The molecule has 0 amide bonds. The van der Waals surface area contributed by atoms with Crippen LogP contribution in [0.4, 0.5) is 0 Å². The van der Waals surface area contributed by atoms with Crippen molar-refractivity contribution in [2.75, 3.05) is 19.6 Å². The molecule has 1 aliphatic heterocycles. The molecule has 0 bridgehead atoms. The molecule has 4 nitrogen and oxygen atoms in total. The third kappa shape index (κ3) is 4.19. The Hall–Kier alpha value is -1.65. The first-order valence-corrected chi connectivity index (χ1v) is 6.57. The molecule has 0 spiro atoms. The molecule has 1 saturated heterocycles. The Morgan fingerprint density at radius 2 is 2.11 bits per heavy atom. The summed E-state index contributed by atoms with van der Waals surface area (Å²) in [5.74, 6) is -1.08. The lowest BCUT2D eigenvalue weighted by Crippen LogP contribution is -2.48. The molecule has 4 heteroatoms. The van der Waals surface area contributed by atoms with Gasteiger partial charge in [-0.25, -0.2) is 0 Å². The standard InChI is InChI=1S/C15H20N2O2/c16-14-9-13(15(18)19)10-17(11-14)8-4-7-12-5-2-1-3-6-12/h1-7,13-14H,8-11,16H2,(H,18,19)/b7-4+. The van der Waals surface area contributed by atoms with Gasteiger partial charge in [0.25, 0.3) is 0 Å². The van der Waals surface area contributed by atoms with E-state index in [2.05, 4.69) is 17.1 Å². The second-order valence-corrected chi connectivity index (χ2v) is 5.06. The Kier molecular flexibility index (Phi) is 4.71. The largest absolute Gasteiger partial charge is 0.481 e. The molecule has 1 fully saturated rings. The van der Waals surface area contributed by atoms with Crippen molar-refractivity contribution in [1.82, 2.24) is 4.90 Å². The molecule has 2 atom stereocenters. The number of aliphatic carboxylic acids is 1. The van der Waals surface area contributed by atoms with Crippen molar-refractivity contribution in [3.63, 3.8) is 0 Å². The lowest BCUT2D eigenvalue weighted by molar-refractivity contribution is -0.143. The van der Waals surface area contributed by atoms with Crippen molar-refractivity contribution in [3.05, 3.63) is 42.0 Å². The summed E-state index contributed by atoms with van der Waals surface area (Å²) in [6.45, 7) is 2.09. The number of likely N-dealkylation sites (tertiary alicyclic amines) is 1. The van der Waals surface area contributed by atoms with Gasteiger partial charge in [0.15, 0.2) is 0 Å². The number of carboxylic acid groups (broad SMARTS) is 1. The minimum Gasteiger partial charge on any atom is -0.481 e. The van der Waals surface area contributed by atoms with Crippen molar-refractivity contribution >= 4 is 12.0 Å². The Morgan fingerprint density at radius 3 is 2.79 bits per heavy atom. The average Bonchev–Trinajstić information content (AvgIpc) is 2.39. The van der Waals surface area contributed by atoms with Gasteiger partial charge in [0.05, 0.1) is 5.92 Å². The molecule has 1 aromatic carbocycles. The first-order chi connectivity index (χ1) is 9.15. The van der Waals surface area contributed by atoms with E-state index in [4.69, 9.17) is 10.8 Å². The fraction of sp³-hybridized carbons (Fsp3) is 0.400. The third-order valence-electron chi connectivity index (χ3n) is 3.38. The molecule has 0 saturated carbocycles. The molecule has 0 radical (unpaired) electrons. The van der Waals surface area contributed by atoms with E-state index < -0.39 is 5.97 Å². The second-order valence-electron chi connectivity index (χ2n) is 5.06. The average molecular weight is 260 g/mol. The van der Waals surface area contributed by atoms with Crippen LogP contribution in [0.3, 0.4) is 0 Å². The highest BCUT2D eigenvalue weighted by atomic mass is 16.4. The number of benzene rings is 1. The molecule has 19 heavy (non-hydrogen) atoms. The second kappa shape index (κ2) is 6.50. The Morgan fingerprint density at radius 1 is 1.37 bits per heavy atom. The fourth-order valence-corrected chi connectivity index (χ4v) is 2.46. The lowest BCUT2D eigenvalue weighted by atomic mass is 9.95. The van der Waals surface area contributed by atoms with Gasteiger partial charge < -0.3 is 10.8 Å². The van der Waals surface area contributed by atoms with Crippen LogP contribution in [0, 0.1) is 5.92 Å². The summed E-state index contributed by atoms with van der Waals surface area (Å²) in [4.78, 5) is 13.1. The number of carbonyl (C=O) groups is 1. The monoisotopic (exact) mass is 260 g/mol. The summed E-state index contributed by atoms with van der Waals surface area (Å²) in [6, 6.07) is 10.0. The van der Waals surface area contributed by atoms with Gasteiger partial charge in [-0.15, -0.1) is 0 Å². The summed E-state index contributed by atoms with van der Waals surface area (Å²) in [7, 11) is 0. The zero-order chi connectivity index (χ0) is 13.7. The summed E-state index contributed by atoms with van der Waals surface area (Å²) >= 11 is 0. The molecule has 102 valence electrons. The summed E-state index contributed by atoms with van der Waals surface area (Å²) in [5, 5.41) is 9.08. The van der Waals surface area contributed by atoms with Crippen LogP contribution < -0.4 is 5.73 Å². The molecule has 2 rings (SSSR count). The molecule has 0 aromatic heterocycles. The number of nitrogens with zero attached hydrogens (tertiary/aromatic N) is 1. The fourth-order valence-electron chi connectivity index (χ4n) is 2.46. The highest BCUT2D eigenvalue weighted by Gasteiger charge is 2.28. The van der Waals surface area contributed by atoms with E-state index in [-0.39, 0.29) is 12.0 Å². The normalized spacial score (nSPS) is 24.7. The smallest absolute Gasteiger partial charge is 0.307 e. The molecule has 2 unspecified atom stereocenters. The van der Waals surface area contributed by atoms with Gasteiger partial charge >= 0.3 is 5.97 Å². The minimum atomic E-state index is -0.743. The van der Waals surface area contributed by atoms with Crippen LogP contribution in [0.2, 0.25) is 0 Å². The molecular weight excluding hydrogens is 240 g/mol. The van der Waals surface area contributed by atoms with E-state index in [1.165, 1.54) is 0 Å². The van der Waals surface area contributed by atoms with E-state index in [0.717, 1.165) is 18.7 Å². The first-order valence-electron chi connectivity index (χ1n) is 6.57. The maximum atomic E-state index is 11.0. The van der Waals surface area contributed by atoms with Crippen molar-refractivity contribution in [2.45, 2.75) is 12.5 Å². The van der Waals surface area contributed by atoms with Gasteiger partial charge in [-0.3, -0.25) is 9.69 Å². The molecular formula is C15H20N2O2. The van der Waals surface area contributed by atoms with Gasteiger partial charge in [-0.1, -0.05) is 42.5 Å². The minimum absolute atomic E-state index is 0.0417. The highest BCUT2D eigenvalue weighted by Crippen LogP contribution is 2.16. The zero-order valence-corrected chi connectivity index (χ0v) is 10.9. The molecule has 1 heterocycles. The van der Waals surface area contributed by atoms with E-state index in [1.54, 1.807) is 0 Å². The molecule has 1 aliphatic rings. The van der Waals surface area contributed by atoms with Crippen LogP contribution in [-0.4, -0.2) is 41.7 Å². The van der Waals surface area contributed by atoms with Gasteiger partial charge in [-0.2, -0.15) is 0 Å². The van der Waals surface area contributed by atoms with Crippen LogP contribution in [-0.2, 0) is 4.79 Å². The SMILES string of the molecule is NC1CC(C(=O)O)CN(C/C=C/c2ccccc2)C1.